The van der Waals surface area contributed by atoms with E-state index in [0.29, 0.717) is 35.4 Å². The summed E-state index contributed by atoms with van der Waals surface area (Å²) in [7, 11) is 0. The number of nitrogens with zero attached hydrogens (tertiary/aromatic N) is 2. The highest BCUT2D eigenvalue weighted by molar-refractivity contribution is 8.14. The molecule has 1 amide bonds. The predicted molar refractivity (Wildman–Crippen MR) is 201 cm³/mol. The molecule has 8 heteroatoms. The SMILES string of the molecule is CCCc1nc2c(C)cc(C(=O)N[C@@H](CSC(=O)c3ccccc3)Cc3ccccc3)cc2n1Cc1ccc(-c2ccccc2C(=O)O)cc1. The molecule has 0 saturated heterocycles. The van der Waals surface area contributed by atoms with E-state index in [-0.39, 0.29) is 22.6 Å². The Balaban J connectivity index is 1.27. The van der Waals surface area contributed by atoms with Gasteiger partial charge in [0.05, 0.1) is 16.6 Å². The Bertz CT molecular complexity index is 2130. The van der Waals surface area contributed by atoms with Crippen LogP contribution in [0.15, 0.2) is 121 Å². The van der Waals surface area contributed by atoms with Crippen LogP contribution in [0.2, 0.25) is 0 Å². The molecular formula is C42H39N3O4S. The molecule has 0 spiro atoms. The number of fused-ring (bicyclic) bond motifs is 1. The fourth-order valence-corrected chi connectivity index (χ4v) is 7.07. The Hall–Kier alpha value is -5.47. The third kappa shape index (κ3) is 8.04. The van der Waals surface area contributed by atoms with Gasteiger partial charge in [-0.25, -0.2) is 9.78 Å². The van der Waals surface area contributed by atoms with Crippen molar-refractivity contribution in [3.8, 4) is 11.1 Å². The molecule has 0 aliphatic rings. The van der Waals surface area contributed by atoms with Crippen LogP contribution < -0.4 is 5.32 Å². The van der Waals surface area contributed by atoms with Crippen LogP contribution in [0.1, 0.15) is 66.9 Å². The molecule has 1 aromatic heterocycles. The van der Waals surface area contributed by atoms with Gasteiger partial charge in [0.15, 0.2) is 0 Å². The summed E-state index contributed by atoms with van der Waals surface area (Å²) >= 11 is 1.22. The Labute approximate surface area is 296 Å². The second kappa shape index (κ2) is 15.8. The molecule has 0 unspecified atom stereocenters. The van der Waals surface area contributed by atoms with E-state index in [9.17, 15) is 19.5 Å². The highest BCUT2D eigenvalue weighted by atomic mass is 32.2. The first-order chi connectivity index (χ1) is 24.3. The van der Waals surface area contributed by atoms with Gasteiger partial charge in [-0.2, -0.15) is 0 Å². The van der Waals surface area contributed by atoms with E-state index >= 15 is 0 Å². The van der Waals surface area contributed by atoms with E-state index in [1.165, 1.54) is 11.8 Å². The number of aromatic nitrogens is 2. The molecule has 1 heterocycles. The molecule has 6 aromatic rings. The van der Waals surface area contributed by atoms with Crippen molar-refractivity contribution in [2.75, 3.05) is 5.75 Å². The lowest BCUT2D eigenvalue weighted by Crippen LogP contribution is -2.38. The first kappa shape index (κ1) is 34.4. The lowest BCUT2D eigenvalue weighted by atomic mass is 9.98. The molecule has 252 valence electrons. The summed E-state index contributed by atoms with van der Waals surface area (Å²) in [5.41, 5.74) is 7.72. The van der Waals surface area contributed by atoms with Crippen LogP contribution in [-0.2, 0) is 19.4 Å². The molecule has 7 nitrogen and oxygen atoms in total. The summed E-state index contributed by atoms with van der Waals surface area (Å²) < 4.78 is 2.18. The third-order valence-electron chi connectivity index (χ3n) is 8.71. The van der Waals surface area contributed by atoms with Crippen molar-refractivity contribution in [2.24, 2.45) is 0 Å². The molecule has 2 N–H and O–H groups in total. The van der Waals surface area contributed by atoms with Crippen molar-refractivity contribution in [3.63, 3.8) is 0 Å². The van der Waals surface area contributed by atoms with E-state index < -0.39 is 5.97 Å². The maximum Gasteiger partial charge on any atom is 0.336 e. The van der Waals surface area contributed by atoms with E-state index in [1.54, 1.807) is 24.3 Å². The Kier molecular flexibility index (Phi) is 10.9. The van der Waals surface area contributed by atoms with Crippen LogP contribution in [0, 0.1) is 6.92 Å². The topological polar surface area (TPSA) is 101 Å². The maximum atomic E-state index is 13.9. The number of imidazole rings is 1. The first-order valence-corrected chi connectivity index (χ1v) is 17.8. The maximum absolute atomic E-state index is 13.9. The number of thioether (sulfide) groups is 1. The first-order valence-electron chi connectivity index (χ1n) is 16.8. The zero-order chi connectivity index (χ0) is 35.0. The molecule has 0 radical (unpaired) electrons. The predicted octanol–water partition coefficient (Wildman–Crippen LogP) is 8.63. The smallest absolute Gasteiger partial charge is 0.336 e. The highest BCUT2D eigenvalue weighted by Gasteiger charge is 2.21. The standard InChI is InChI=1S/C42H39N3O4S/c1-3-12-38-44-39-28(2)23-33(25-37(39)45(38)26-30-19-21-31(22-20-30)35-17-10-11-18-36(35)41(47)48)40(46)43-34(24-29-13-6-4-7-14-29)27-50-42(49)32-15-8-5-9-16-32/h4-11,13-23,25,34H,3,12,24,26-27H2,1-2H3,(H,43,46)(H,47,48)/t34-/m1/s1. The molecule has 5 aromatic carbocycles. The van der Waals surface area contributed by atoms with Gasteiger partial charge in [0.1, 0.15) is 5.82 Å². The Morgan fingerprint density at radius 2 is 1.50 bits per heavy atom. The highest BCUT2D eigenvalue weighted by Crippen LogP contribution is 2.27. The summed E-state index contributed by atoms with van der Waals surface area (Å²) in [4.78, 5) is 43.7. The lowest BCUT2D eigenvalue weighted by Gasteiger charge is -2.19. The van der Waals surface area contributed by atoms with Crippen LogP contribution in [0.5, 0.6) is 0 Å². The van der Waals surface area contributed by atoms with E-state index in [2.05, 4.69) is 16.8 Å². The molecule has 0 fully saturated rings. The minimum Gasteiger partial charge on any atom is -0.478 e. The minimum absolute atomic E-state index is 0.0262. The number of carbonyl (C=O) groups excluding carboxylic acids is 2. The van der Waals surface area contributed by atoms with Crippen LogP contribution in [0.3, 0.4) is 0 Å². The van der Waals surface area contributed by atoms with Crippen molar-refractivity contribution in [1.82, 2.24) is 14.9 Å². The van der Waals surface area contributed by atoms with E-state index in [1.807, 2.05) is 104 Å². The average molecular weight is 682 g/mol. The number of hydrogen-bond acceptors (Lipinski definition) is 5. The van der Waals surface area contributed by atoms with Gasteiger partial charge >= 0.3 is 5.97 Å². The number of hydrogen-bond donors (Lipinski definition) is 2. The van der Waals surface area contributed by atoms with Gasteiger partial charge < -0.3 is 15.0 Å². The van der Waals surface area contributed by atoms with Crippen LogP contribution in [0.25, 0.3) is 22.2 Å². The number of carboxylic acids is 1. The number of carbonyl (C=O) groups is 3. The molecule has 1 atom stereocenters. The second-order valence-electron chi connectivity index (χ2n) is 12.4. The molecule has 6 rings (SSSR count). The average Bonchev–Trinajstić information content (AvgIpc) is 3.48. The van der Waals surface area contributed by atoms with E-state index in [4.69, 9.17) is 4.98 Å². The zero-order valence-corrected chi connectivity index (χ0v) is 29.0. The number of aryl methyl sites for hydroxylation is 2. The van der Waals surface area contributed by atoms with Gasteiger partial charge in [-0.15, -0.1) is 0 Å². The fourth-order valence-electron chi connectivity index (χ4n) is 6.21. The van der Waals surface area contributed by atoms with Crippen molar-refractivity contribution < 1.29 is 19.5 Å². The number of rotatable bonds is 13. The Morgan fingerprint density at radius 3 is 2.20 bits per heavy atom. The quantitative estimate of drug-likeness (QED) is 0.127. The van der Waals surface area contributed by atoms with Crippen LogP contribution in [0.4, 0.5) is 0 Å². The molecule has 0 bridgehead atoms. The Morgan fingerprint density at radius 1 is 0.820 bits per heavy atom. The van der Waals surface area contributed by atoms with E-state index in [0.717, 1.165) is 52.0 Å². The number of carboxylic acid groups (broad SMARTS) is 1. The molecule has 0 aliphatic carbocycles. The minimum atomic E-state index is -0.959. The number of benzene rings is 5. The van der Waals surface area contributed by atoms with Crippen molar-refractivity contribution in [2.45, 2.75) is 45.7 Å². The molecular weight excluding hydrogens is 643 g/mol. The van der Waals surface area contributed by atoms with Crippen molar-refractivity contribution >= 4 is 39.8 Å². The lowest BCUT2D eigenvalue weighted by molar-refractivity contribution is 0.0697. The number of amides is 1. The summed E-state index contributed by atoms with van der Waals surface area (Å²) in [6.45, 7) is 4.65. The monoisotopic (exact) mass is 681 g/mol. The van der Waals surface area contributed by atoms with Gasteiger partial charge in [-0.05, 0) is 65.8 Å². The summed E-state index contributed by atoms with van der Waals surface area (Å²) in [6, 6.07) is 37.7. The van der Waals surface area contributed by atoms with Gasteiger partial charge in [0.25, 0.3) is 5.91 Å². The second-order valence-corrected chi connectivity index (χ2v) is 13.4. The fraction of sp³-hybridized carbons (Fsp3) is 0.190. The van der Waals surface area contributed by atoms with Gasteiger partial charge in [0.2, 0.25) is 5.12 Å². The summed E-state index contributed by atoms with van der Waals surface area (Å²) in [5, 5.41) is 12.9. The summed E-state index contributed by atoms with van der Waals surface area (Å²) in [6.07, 6.45) is 2.29. The molecule has 50 heavy (non-hydrogen) atoms. The van der Waals surface area contributed by atoms with Gasteiger partial charge in [0, 0.05) is 35.9 Å². The third-order valence-corrected chi connectivity index (χ3v) is 9.77. The zero-order valence-electron chi connectivity index (χ0n) is 28.1. The van der Waals surface area contributed by atoms with Crippen molar-refractivity contribution in [3.05, 3.63) is 161 Å². The van der Waals surface area contributed by atoms with Crippen LogP contribution >= 0.6 is 11.8 Å². The molecule has 0 aliphatic heterocycles. The van der Waals surface area contributed by atoms with Gasteiger partial charge in [-0.1, -0.05) is 122 Å². The number of aromatic carboxylic acids is 1. The normalized spacial score (nSPS) is 11.7. The largest absolute Gasteiger partial charge is 0.478 e. The van der Waals surface area contributed by atoms with Gasteiger partial charge in [-0.3, -0.25) is 9.59 Å². The summed E-state index contributed by atoms with van der Waals surface area (Å²) in [5.74, 6) is 0.220. The molecule has 0 saturated carbocycles. The van der Waals surface area contributed by atoms with Crippen molar-refractivity contribution in [1.29, 1.82) is 0 Å². The van der Waals surface area contributed by atoms with Crippen LogP contribution in [-0.4, -0.2) is 43.4 Å². The number of nitrogens with one attached hydrogen (secondary N) is 1.